The lowest BCUT2D eigenvalue weighted by Crippen LogP contribution is -2.10. The molecule has 0 atom stereocenters. The van der Waals surface area contributed by atoms with Gasteiger partial charge in [-0.25, -0.2) is 15.1 Å². The van der Waals surface area contributed by atoms with Gasteiger partial charge in [0.1, 0.15) is 11.3 Å². The molecule has 2 aromatic carbocycles. The summed E-state index contributed by atoms with van der Waals surface area (Å²) in [4.78, 5) is 18.4. The van der Waals surface area contributed by atoms with Gasteiger partial charge in [0.2, 0.25) is 5.95 Å². The van der Waals surface area contributed by atoms with Crippen molar-refractivity contribution in [3.63, 3.8) is 0 Å². The number of para-hydroxylation sites is 2. The monoisotopic (exact) mass is 410 g/mol. The summed E-state index contributed by atoms with van der Waals surface area (Å²) in [6.07, 6.45) is 3.49. The van der Waals surface area contributed by atoms with Crippen molar-refractivity contribution in [1.29, 1.82) is 0 Å². The number of benzene rings is 2. The molecule has 0 bridgehead atoms. The second-order valence-electron chi connectivity index (χ2n) is 6.97. The topological polar surface area (TPSA) is 101 Å². The quantitative estimate of drug-likeness (QED) is 0.335. The van der Waals surface area contributed by atoms with Crippen LogP contribution in [0.15, 0.2) is 87.2 Å². The average Bonchev–Trinajstić information content (AvgIpc) is 3.38. The van der Waals surface area contributed by atoms with Crippen molar-refractivity contribution in [2.24, 2.45) is 5.10 Å². The van der Waals surface area contributed by atoms with E-state index in [0.717, 1.165) is 22.2 Å². The van der Waals surface area contributed by atoms with E-state index in [1.165, 1.54) is 6.07 Å². The number of hydrazone groups is 1. The number of furan rings is 1. The zero-order chi connectivity index (χ0) is 21.2. The highest BCUT2D eigenvalue weighted by molar-refractivity contribution is 5.90. The van der Waals surface area contributed by atoms with Gasteiger partial charge in [-0.1, -0.05) is 36.4 Å². The molecule has 0 spiro atoms. The Morgan fingerprint density at radius 2 is 1.90 bits per heavy atom. The number of hydrogen-bond donors (Lipinski definition) is 2. The fraction of sp³-hybridized carbons (Fsp3) is 0.0435. The molecule has 5 aromatic rings. The van der Waals surface area contributed by atoms with Gasteiger partial charge in [-0.2, -0.15) is 10.2 Å². The van der Waals surface area contributed by atoms with Gasteiger partial charge in [-0.15, -0.1) is 0 Å². The molecule has 3 heterocycles. The lowest BCUT2D eigenvalue weighted by Gasteiger charge is -1.99. The maximum atomic E-state index is 11.6. The normalized spacial score (nSPS) is 11.4. The molecule has 0 saturated carbocycles. The predicted molar refractivity (Wildman–Crippen MR) is 120 cm³/mol. The van der Waals surface area contributed by atoms with Crippen LogP contribution in [0.4, 0.5) is 5.95 Å². The van der Waals surface area contributed by atoms with E-state index < -0.39 is 0 Å². The Hall–Kier alpha value is -4.46. The molecule has 3 aromatic heterocycles. The third-order valence-corrected chi connectivity index (χ3v) is 4.67. The molecule has 0 aliphatic carbocycles. The summed E-state index contributed by atoms with van der Waals surface area (Å²) < 4.78 is 7.80. The maximum Gasteiger partial charge on any atom is 0.252 e. The standard InChI is InChI=1S/C23H18N6O2/c1-15-11-21(30)26-23(25-15)27-24-13-17-14-29(18-8-3-2-4-9-18)28-22(17)20-12-16-7-5-6-10-19(16)31-20/h2-14H,1H3,(H2,25,26,27,30). The number of hydrogen-bond acceptors (Lipinski definition) is 6. The lowest BCUT2D eigenvalue weighted by atomic mass is 10.2. The molecule has 31 heavy (non-hydrogen) atoms. The van der Waals surface area contributed by atoms with Gasteiger partial charge in [0.15, 0.2) is 5.76 Å². The molecule has 0 aliphatic rings. The van der Waals surface area contributed by atoms with E-state index in [0.29, 0.717) is 17.1 Å². The summed E-state index contributed by atoms with van der Waals surface area (Å²) in [6, 6.07) is 21.0. The summed E-state index contributed by atoms with van der Waals surface area (Å²) >= 11 is 0. The number of nitrogens with one attached hydrogen (secondary N) is 2. The summed E-state index contributed by atoms with van der Waals surface area (Å²) in [6.45, 7) is 1.74. The number of anilines is 1. The number of aromatic amines is 1. The van der Waals surface area contributed by atoms with Crippen molar-refractivity contribution in [3.8, 4) is 17.1 Å². The van der Waals surface area contributed by atoms with Crippen molar-refractivity contribution < 1.29 is 4.42 Å². The van der Waals surface area contributed by atoms with Crippen LogP contribution in [-0.4, -0.2) is 26.0 Å². The minimum atomic E-state index is -0.245. The SMILES string of the molecule is Cc1cc(=O)[nH]c(NN=Cc2cn(-c3ccccc3)nc2-c2cc3ccccc3o2)n1. The first-order valence-electron chi connectivity index (χ1n) is 9.67. The predicted octanol–water partition coefficient (Wildman–Crippen LogP) is 4.12. The summed E-state index contributed by atoms with van der Waals surface area (Å²) in [5, 5.41) is 9.96. The second-order valence-corrected chi connectivity index (χ2v) is 6.97. The minimum Gasteiger partial charge on any atom is -0.454 e. The van der Waals surface area contributed by atoms with E-state index in [-0.39, 0.29) is 11.5 Å². The molecule has 0 saturated heterocycles. The molecule has 2 N–H and O–H groups in total. The molecule has 8 heteroatoms. The third kappa shape index (κ3) is 3.86. The number of fused-ring (bicyclic) bond motifs is 1. The summed E-state index contributed by atoms with van der Waals surface area (Å²) in [5.74, 6) is 0.904. The van der Waals surface area contributed by atoms with Gasteiger partial charge in [0.05, 0.1) is 11.9 Å². The van der Waals surface area contributed by atoms with Gasteiger partial charge < -0.3 is 4.42 Å². The smallest absolute Gasteiger partial charge is 0.252 e. The Morgan fingerprint density at radius 1 is 1.10 bits per heavy atom. The highest BCUT2D eigenvalue weighted by atomic mass is 16.3. The fourth-order valence-electron chi connectivity index (χ4n) is 3.28. The lowest BCUT2D eigenvalue weighted by molar-refractivity contribution is 0.627. The van der Waals surface area contributed by atoms with Crippen LogP contribution in [0.3, 0.4) is 0 Å². The maximum absolute atomic E-state index is 11.6. The zero-order valence-corrected chi connectivity index (χ0v) is 16.6. The molecule has 0 amide bonds. The van der Waals surface area contributed by atoms with E-state index in [1.807, 2.05) is 66.9 Å². The van der Waals surface area contributed by atoms with Crippen molar-refractivity contribution in [2.45, 2.75) is 6.92 Å². The van der Waals surface area contributed by atoms with Crippen molar-refractivity contribution >= 4 is 23.1 Å². The van der Waals surface area contributed by atoms with E-state index >= 15 is 0 Å². The molecule has 0 fully saturated rings. The van der Waals surface area contributed by atoms with Crippen LogP contribution in [0.25, 0.3) is 28.1 Å². The van der Waals surface area contributed by atoms with Crippen molar-refractivity contribution in [3.05, 3.63) is 94.5 Å². The Kier molecular flexibility index (Phi) is 4.64. The molecular weight excluding hydrogens is 392 g/mol. The van der Waals surface area contributed by atoms with Crippen LogP contribution < -0.4 is 11.0 Å². The van der Waals surface area contributed by atoms with Crippen LogP contribution in [0.1, 0.15) is 11.3 Å². The van der Waals surface area contributed by atoms with Gasteiger partial charge in [0.25, 0.3) is 5.56 Å². The zero-order valence-electron chi connectivity index (χ0n) is 16.6. The molecule has 0 aliphatic heterocycles. The first kappa shape index (κ1) is 18.6. The third-order valence-electron chi connectivity index (χ3n) is 4.67. The number of H-pyrrole nitrogens is 1. The van der Waals surface area contributed by atoms with Gasteiger partial charge in [0, 0.05) is 28.9 Å². The average molecular weight is 410 g/mol. The van der Waals surface area contributed by atoms with Gasteiger partial charge in [-0.05, 0) is 31.2 Å². The molecule has 5 rings (SSSR count). The summed E-state index contributed by atoms with van der Waals surface area (Å²) in [5.41, 5.74) is 6.21. The van der Waals surface area contributed by atoms with Gasteiger partial charge in [-0.3, -0.25) is 9.78 Å². The van der Waals surface area contributed by atoms with Crippen LogP contribution in [-0.2, 0) is 0 Å². The largest absolute Gasteiger partial charge is 0.454 e. The summed E-state index contributed by atoms with van der Waals surface area (Å²) in [7, 11) is 0. The molecule has 152 valence electrons. The number of aryl methyl sites for hydroxylation is 1. The fourth-order valence-corrected chi connectivity index (χ4v) is 3.28. The molecule has 0 radical (unpaired) electrons. The Bertz CT molecular complexity index is 1410. The highest BCUT2D eigenvalue weighted by Gasteiger charge is 2.15. The Morgan fingerprint density at radius 3 is 2.71 bits per heavy atom. The molecular formula is C23H18N6O2. The van der Waals surface area contributed by atoms with E-state index in [4.69, 9.17) is 9.52 Å². The van der Waals surface area contributed by atoms with E-state index in [1.54, 1.807) is 17.8 Å². The number of aromatic nitrogens is 4. The van der Waals surface area contributed by atoms with Crippen LogP contribution in [0.5, 0.6) is 0 Å². The van der Waals surface area contributed by atoms with Crippen LogP contribution >= 0.6 is 0 Å². The second kappa shape index (κ2) is 7.75. The van der Waals surface area contributed by atoms with Crippen molar-refractivity contribution in [2.75, 3.05) is 5.43 Å². The van der Waals surface area contributed by atoms with Crippen LogP contribution in [0, 0.1) is 6.92 Å². The minimum absolute atomic E-state index is 0.245. The number of nitrogens with zero attached hydrogens (tertiary/aromatic N) is 4. The Labute approximate surface area is 176 Å². The number of rotatable bonds is 5. The molecule has 0 unspecified atom stereocenters. The van der Waals surface area contributed by atoms with Crippen molar-refractivity contribution in [1.82, 2.24) is 19.7 Å². The van der Waals surface area contributed by atoms with Crippen LogP contribution in [0.2, 0.25) is 0 Å². The Balaban J connectivity index is 1.54. The first-order chi connectivity index (χ1) is 15.2. The molecule has 8 nitrogen and oxygen atoms in total. The highest BCUT2D eigenvalue weighted by Crippen LogP contribution is 2.29. The van der Waals surface area contributed by atoms with E-state index in [2.05, 4.69) is 20.5 Å². The van der Waals surface area contributed by atoms with E-state index in [9.17, 15) is 4.79 Å². The first-order valence-corrected chi connectivity index (χ1v) is 9.67. The van der Waals surface area contributed by atoms with Gasteiger partial charge >= 0.3 is 0 Å².